The normalized spacial score (nSPS) is 13.4. The van der Waals surface area contributed by atoms with Crippen LogP contribution in [-0.2, 0) is 0 Å². The van der Waals surface area contributed by atoms with Crippen molar-refractivity contribution in [3.63, 3.8) is 0 Å². The van der Waals surface area contributed by atoms with Gasteiger partial charge in [-0.25, -0.2) is 0 Å². The molecule has 0 fully saturated rings. The summed E-state index contributed by atoms with van der Waals surface area (Å²) in [4.78, 5) is 26.8. The van der Waals surface area contributed by atoms with Gasteiger partial charge in [0.15, 0.2) is 11.6 Å². The molecule has 0 amide bonds. The van der Waals surface area contributed by atoms with Crippen LogP contribution in [0.15, 0.2) is 60.7 Å². The minimum atomic E-state index is -0.158. The van der Waals surface area contributed by atoms with Gasteiger partial charge in [-0.15, -0.1) is 0 Å². The molecular weight excluding hydrogens is 362 g/mol. The second-order valence-electron chi connectivity index (χ2n) is 7.32. The van der Waals surface area contributed by atoms with Crippen LogP contribution in [0.2, 0.25) is 0 Å². The molecule has 4 rings (SSSR count). The SMILES string of the molecule is CCC(C)Nc1ccc(Nc2cccc(N)c2)c2c1C(=O)c1ccccc1C2=O. The van der Waals surface area contributed by atoms with Crippen molar-refractivity contribution in [2.45, 2.75) is 26.3 Å². The molecule has 1 aliphatic carbocycles. The van der Waals surface area contributed by atoms with Crippen LogP contribution in [0.4, 0.5) is 22.7 Å². The first kappa shape index (κ1) is 18.7. The Hall–Kier alpha value is -3.60. The number of hydrogen-bond acceptors (Lipinski definition) is 5. The van der Waals surface area contributed by atoms with Crippen molar-refractivity contribution in [3.05, 3.63) is 82.9 Å². The van der Waals surface area contributed by atoms with Crippen LogP contribution in [0.1, 0.15) is 52.1 Å². The first-order chi connectivity index (χ1) is 14.0. The number of carbonyl (C=O) groups excluding carboxylic acids is 2. The highest BCUT2D eigenvalue weighted by Crippen LogP contribution is 2.38. The number of fused-ring (bicyclic) bond motifs is 2. The van der Waals surface area contributed by atoms with Gasteiger partial charge in [0.1, 0.15) is 0 Å². The molecule has 0 saturated heterocycles. The average molecular weight is 385 g/mol. The zero-order chi connectivity index (χ0) is 20.5. The first-order valence-electron chi connectivity index (χ1n) is 9.74. The summed E-state index contributed by atoms with van der Waals surface area (Å²) in [6.45, 7) is 4.12. The van der Waals surface area contributed by atoms with E-state index in [1.54, 1.807) is 36.4 Å². The Balaban J connectivity index is 1.89. The maximum absolute atomic E-state index is 13.4. The third-order valence-electron chi connectivity index (χ3n) is 5.26. The molecule has 1 unspecified atom stereocenters. The van der Waals surface area contributed by atoms with Crippen LogP contribution < -0.4 is 16.4 Å². The predicted molar refractivity (Wildman–Crippen MR) is 117 cm³/mol. The molecule has 0 radical (unpaired) electrons. The first-order valence-corrected chi connectivity index (χ1v) is 9.74. The van der Waals surface area contributed by atoms with Crippen LogP contribution in [0.25, 0.3) is 0 Å². The van der Waals surface area contributed by atoms with Gasteiger partial charge in [0.2, 0.25) is 0 Å². The molecule has 0 aromatic heterocycles. The molecule has 4 N–H and O–H groups in total. The molecule has 1 aliphatic rings. The Bertz CT molecular complexity index is 1120. The van der Waals surface area contributed by atoms with Crippen LogP contribution >= 0.6 is 0 Å². The molecule has 1 atom stereocenters. The van der Waals surface area contributed by atoms with Crippen LogP contribution in [0.5, 0.6) is 0 Å². The highest BCUT2D eigenvalue weighted by Gasteiger charge is 2.34. The van der Waals surface area contributed by atoms with Gasteiger partial charge in [-0.2, -0.15) is 0 Å². The Morgan fingerprint density at radius 3 is 2.10 bits per heavy atom. The fraction of sp³-hybridized carbons (Fsp3) is 0.167. The van der Waals surface area contributed by atoms with Gasteiger partial charge in [-0.1, -0.05) is 37.3 Å². The Kier molecular flexibility index (Phi) is 4.80. The second kappa shape index (κ2) is 7.43. The highest BCUT2D eigenvalue weighted by molar-refractivity contribution is 6.32. The van der Waals surface area contributed by atoms with Gasteiger partial charge in [-0.3, -0.25) is 9.59 Å². The fourth-order valence-corrected chi connectivity index (χ4v) is 3.59. The molecule has 5 heteroatoms. The smallest absolute Gasteiger partial charge is 0.196 e. The molecule has 3 aromatic carbocycles. The summed E-state index contributed by atoms with van der Waals surface area (Å²) in [5.41, 5.74) is 10.2. The van der Waals surface area contributed by atoms with E-state index < -0.39 is 0 Å². The number of anilines is 4. The minimum Gasteiger partial charge on any atom is -0.399 e. The number of carbonyl (C=O) groups is 2. The van der Waals surface area contributed by atoms with Crippen LogP contribution in [0, 0.1) is 0 Å². The Morgan fingerprint density at radius 1 is 0.862 bits per heavy atom. The van der Waals surface area contributed by atoms with E-state index in [9.17, 15) is 9.59 Å². The van der Waals surface area contributed by atoms with Crippen molar-refractivity contribution in [3.8, 4) is 0 Å². The lowest BCUT2D eigenvalue weighted by Crippen LogP contribution is -2.25. The monoisotopic (exact) mass is 385 g/mol. The molecule has 29 heavy (non-hydrogen) atoms. The summed E-state index contributed by atoms with van der Waals surface area (Å²) >= 11 is 0. The molecule has 0 aliphatic heterocycles. The van der Waals surface area contributed by atoms with Gasteiger partial charge in [-0.05, 0) is 43.7 Å². The summed E-state index contributed by atoms with van der Waals surface area (Å²) in [7, 11) is 0. The molecule has 3 aromatic rings. The predicted octanol–water partition coefficient (Wildman–Crippen LogP) is 5.00. The van der Waals surface area contributed by atoms with Gasteiger partial charge in [0.25, 0.3) is 0 Å². The van der Waals surface area contributed by atoms with E-state index in [2.05, 4.69) is 17.6 Å². The third kappa shape index (κ3) is 3.36. The number of nitrogen functional groups attached to an aromatic ring is 1. The maximum atomic E-state index is 13.4. The summed E-state index contributed by atoms with van der Waals surface area (Å²) in [6.07, 6.45) is 0.900. The van der Waals surface area contributed by atoms with E-state index in [-0.39, 0.29) is 17.6 Å². The number of benzene rings is 3. The van der Waals surface area contributed by atoms with E-state index in [0.29, 0.717) is 39.3 Å². The lowest BCUT2D eigenvalue weighted by atomic mass is 9.82. The molecule has 146 valence electrons. The molecule has 5 nitrogen and oxygen atoms in total. The lowest BCUT2D eigenvalue weighted by Gasteiger charge is -2.25. The largest absolute Gasteiger partial charge is 0.399 e. The zero-order valence-electron chi connectivity index (χ0n) is 16.5. The van der Waals surface area contributed by atoms with Gasteiger partial charge in [0, 0.05) is 34.2 Å². The summed E-state index contributed by atoms with van der Waals surface area (Å²) in [5.74, 6) is -0.299. The molecule has 0 bridgehead atoms. The minimum absolute atomic E-state index is 0.141. The number of nitrogens with two attached hydrogens (primary N) is 1. The zero-order valence-corrected chi connectivity index (χ0v) is 16.5. The summed E-state index contributed by atoms with van der Waals surface area (Å²) in [6, 6.07) is 18.2. The van der Waals surface area contributed by atoms with Gasteiger partial charge >= 0.3 is 0 Å². The number of ketones is 2. The molecule has 0 saturated carbocycles. The molecule has 0 heterocycles. The van der Waals surface area contributed by atoms with Crippen LogP contribution in [0.3, 0.4) is 0 Å². The molecular formula is C24H23N3O2. The number of nitrogens with one attached hydrogen (secondary N) is 2. The summed E-state index contributed by atoms with van der Waals surface area (Å²) in [5, 5.41) is 6.65. The Morgan fingerprint density at radius 2 is 1.48 bits per heavy atom. The van der Waals surface area contributed by atoms with Gasteiger partial charge in [0.05, 0.1) is 16.8 Å². The maximum Gasteiger partial charge on any atom is 0.196 e. The van der Waals surface area contributed by atoms with Crippen molar-refractivity contribution in [1.82, 2.24) is 0 Å². The topological polar surface area (TPSA) is 84.2 Å². The van der Waals surface area contributed by atoms with Crippen molar-refractivity contribution in [2.75, 3.05) is 16.4 Å². The standard InChI is InChI=1S/C24H23N3O2/c1-3-14(2)26-19-11-12-20(27-16-8-6-7-15(25)13-16)22-21(19)23(28)17-9-4-5-10-18(17)24(22)29/h4-14,26-27H,3,25H2,1-2H3. The number of rotatable bonds is 5. The Labute approximate surface area is 169 Å². The van der Waals surface area contributed by atoms with Crippen molar-refractivity contribution >= 4 is 34.3 Å². The van der Waals surface area contributed by atoms with E-state index in [1.807, 2.05) is 31.2 Å². The van der Waals surface area contributed by atoms with E-state index in [1.165, 1.54) is 0 Å². The van der Waals surface area contributed by atoms with Crippen LogP contribution in [-0.4, -0.2) is 17.6 Å². The average Bonchev–Trinajstić information content (AvgIpc) is 2.72. The van der Waals surface area contributed by atoms with E-state index in [4.69, 9.17) is 5.73 Å². The van der Waals surface area contributed by atoms with Crippen molar-refractivity contribution in [1.29, 1.82) is 0 Å². The van der Waals surface area contributed by atoms with E-state index in [0.717, 1.165) is 12.1 Å². The van der Waals surface area contributed by atoms with E-state index >= 15 is 0 Å². The second-order valence-corrected chi connectivity index (χ2v) is 7.32. The van der Waals surface area contributed by atoms with Crippen molar-refractivity contribution < 1.29 is 9.59 Å². The van der Waals surface area contributed by atoms with Gasteiger partial charge < -0.3 is 16.4 Å². The third-order valence-corrected chi connectivity index (χ3v) is 5.26. The highest BCUT2D eigenvalue weighted by atomic mass is 16.1. The van der Waals surface area contributed by atoms with Crippen molar-refractivity contribution in [2.24, 2.45) is 0 Å². The lowest BCUT2D eigenvalue weighted by molar-refractivity contribution is 0.0980. The quantitative estimate of drug-likeness (QED) is 0.421. The number of hydrogen-bond donors (Lipinski definition) is 3. The summed E-state index contributed by atoms with van der Waals surface area (Å²) < 4.78 is 0. The molecule has 0 spiro atoms. The fourth-order valence-electron chi connectivity index (χ4n) is 3.59.